The number of anilines is 1. The van der Waals surface area contributed by atoms with Crippen molar-refractivity contribution in [2.45, 2.75) is 34.2 Å². The van der Waals surface area contributed by atoms with Crippen LogP contribution in [-0.4, -0.2) is 24.6 Å². The maximum atomic E-state index is 5.43. The molecule has 1 aromatic heterocycles. The summed E-state index contributed by atoms with van der Waals surface area (Å²) in [6.45, 7) is 11.6. The third kappa shape index (κ3) is 3.48. The lowest BCUT2D eigenvalue weighted by Gasteiger charge is -2.24. The second-order valence-corrected chi connectivity index (χ2v) is 4.38. The first-order valence-electron chi connectivity index (χ1n) is 6.50. The average Bonchev–Trinajstić information content (AvgIpc) is 2.34. The number of terminal acetylenes is 1. The predicted octanol–water partition coefficient (Wildman–Crippen LogP) is 2.27. The molecular weight excluding hydrogens is 222 g/mol. The van der Waals surface area contributed by atoms with E-state index in [0.717, 1.165) is 31.1 Å². The van der Waals surface area contributed by atoms with Gasteiger partial charge in [-0.2, -0.15) is 0 Å². The fourth-order valence-electron chi connectivity index (χ4n) is 2.02. The zero-order chi connectivity index (χ0) is 13.5. The number of hydrogen-bond donors (Lipinski definition) is 1. The molecule has 0 unspecified atom stereocenters. The zero-order valence-corrected chi connectivity index (χ0v) is 11.9. The van der Waals surface area contributed by atoms with Crippen molar-refractivity contribution >= 4 is 5.82 Å². The minimum atomic E-state index is 0.603. The Labute approximate surface area is 111 Å². The van der Waals surface area contributed by atoms with E-state index in [9.17, 15) is 0 Å². The van der Waals surface area contributed by atoms with E-state index in [4.69, 9.17) is 6.42 Å². The Morgan fingerprint density at radius 2 is 2.11 bits per heavy atom. The summed E-state index contributed by atoms with van der Waals surface area (Å²) in [7, 11) is 0. The molecule has 0 saturated heterocycles. The van der Waals surface area contributed by atoms with Crippen molar-refractivity contribution < 1.29 is 0 Å². The first-order valence-corrected chi connectivity index (χ1v) is 6.50. The van der Waals surface area contributed by atoms with E-state index in [-0.39, 0.29) is 0 Å². The molecule has 0 aliphatic carbocycles. The van der Waals surface area contributed by atoms with E-state index in [1.165, 1.54) is 11.1 Å². The molecule has 0 radical (unpaired) electrons. The minimum Gasteiger partial charge on any atom is -0.345 e. The van der Waals surface area contributed by atoms with E-state index in [1.807, 2.05) is 6.92 Å². The number of aryl methyl sites for hydroxylation is 2. The summed E-state index contributed by atoms with van der Waals surface area (Å²) in [5.41, 5.74) is 3.56. The summed E-state index contributed by atoms with van der Waals surface area (Å²) >= 11 is 0. The summed E-state index contributed by atoms with van der Waals surface area (Å²) in [5.74, 6) is 3.73. The van der Waals surface area contributed by atoms with Gasteiger partial charge >= 0.3 is 0 Å². The molecule has 1 aromatic rings. The molecule has 0 bridgehead atoms. The van der Waals surface area contributed by atoms with Crippen molar-refractivity contribution in [1.82, 2.24) is 10.3 Å². The van der Waals surface area contributed by atoms with Gasteiger partial charge in [0, 0.05) is 24.3 Å². The fraction of sp³-hybridized carbons (Fsp3) is 0.533. The SMILES string of the molecule is C#CCN(CC)c1nc(C)cc(C)c1CNCC. The van der Waals surface area contributed by atoms with Gasteiger partial charge in [-0.1, -0.05) is 12.8 Å². The molecular formula is C15H23N3. The van der Waals surface area contributed by atoms with E-state index in [1.54, 1.807) is 0 Å². The van der Waals surface area contributed by atoms with Gasteiger partial charge in [0.05, 0.1) is 6.54 Å². The van der Waals surface area contributed by atoms with Gasteiger partial charge in [-0.15, -0.1) is 6.42 Å². The number of hydrogen-bond acceptors (Lipinski definition) is 3. The smallest absolute Gasteiger partial charge is 0.134 e. The molecule has 0 aliphatic rings. The van der Waals surface area contributed by atoms with Crippen molar-refractivity contribution in [3.63, 3.8) is 0 Å². The summed E-state index contributed by atoms with van der Waals surface area (Å²) in [6.07, 6.45) is 5.43. The third-order valence-electron chi connectivity index (χ3n) is 2.97. The Kier molecular flexibility index (Phi) is 5.67. The first kappa shape index (κ1) is 14.5. The van der Waals surface area contributed by atoms with Crippen molar-refractivity contribution in [3.05, 3.63) is 22.9 Å². The number of pyridine rings is 1. The van der Waals surface area contributed by atoms with E-state index >= 15 is 0 Å². The van der Waals surface area contributed by atoms with E-state index < -0.39 is 0 Å². The first-order chi connectivity index (χ1) is 8.63. The molecule has 18 heavy (non-hydrogen) atoms. The molecule has 3 heteroatoms. The van der Waals surface area contributed by atoms with Crippen LogP contribution in [0.1, 0.15) is 30.7 Å². The van der Waals surface area contributed by atoms with Crippen LogP contribution < -0.4 is 10.2 Å². The quantitative estimate of drug-likeness (QED) is 0.779. The van der Waals surface area contributed by atoms with Crippen LogP contribution in [-0.2, 0) is 6.54 Å². The van der Waals surface area contributed by atoms with E-state index in [0.29, 0.717) is 6.54 Å². The molecule has 0 aromatic carbocycles. The van der Waals surface area contributed by atoms with Gasteiger partial charge in [0.25, 0.3) is 0 Å². The highest BCUT2D eigenvalue weighted by molar-refractivity contribution is 5.52. The Morgan fingerprint density at radius 1 is 1.39 bits per heavy atom. The molecule has 0 aliphatic heterocycles. The summed E-state index contributed by atoms with van der Waals surface area (Å²) in [6, 6.07) is 2.12. The third-order valence-corrected chi connectivity index (χ3v) is 2.97. The molecule has 1 N–H and O–H groups in total. The molecule has 0 spiro atoms. The molecule has 0 amide bonds. The molecule has 1 heterocycles. The largest absolute Gasteiger partial charge is 0.345 e. The van der Waals surface area contributed by atoms with E-state index in [2.05, 4.69) is 48.0 Å². The Balaban J connectivity index is 3.17. The highest BCUT2D eigenvalue weighted by Crippen LogP contribution is 2.22. The number of nitrogens with one attached hydrogen (secondary N) is 1. The maximum Gasteiger partial charge on any atom is 0.134 e. The highest BCUT2D eigenvalue weighted by atomic mass is 15.2. The molecule has 0 atom stereocenters. The van der Waals surface area contributed by atoms with Gasteiger partial charge < -0.3 is 10.2 Å². The molecule has 0 fully saturated rings. The predicted molar refractivity (Wildman–Crippen MR) is 77.8 cm³/mol. The monoisotopic (exact) mass is 245 g/mol. The van der Waals surface area contributed by atoms with Crippen LogP contribution in [0.3, 0.4) is 0 Å². The Morgan fingerprint density at radius 3 is 2.67 bits per heavy atom. The zero-order valence-electron chi connectivity index (χ0n) is 11.9. The molecule has 0 saturated carbocycles. The van der Waals surface area contributed by atoms with Gasteiger partial charge in [0.15, 0.2) is 0 Å². The molecule has 3 nitrogen and oxygen atoms in total. The minimum absolute atomic E-state index is 0.603. The Bertz CT molecular complexity index is 432. The van der Waals surface area contributed by atoms with Crippen LogP contribution in [0.25, 0.3) is 0 Å². The van der Waals surface area contributed by atoms with Crippen molar-refractivity contribution in [3.8, 4) is 12.3 Å². The maximum absolute atomic E-state index is 5.43. The van der Waals surface area contributed by atoms with Gasteiger partial charge in [0.1, 0.15) is 5.82 Å². The van der Waals surface area contributed by atoms with Crippen molar-refractivity contribution in [2.24, 2.45) is 0 Å². The van der Waals surface area contributed by atoms with Crippen molar-refractivity contribution in [1.29, 1.82) is 0 Å². The number of aromatic nitrogens is 1. The van der Waals surface area contributed by atoms with Gasteiger partial charge in [-0.3, -0.25) is 0 Å². The van der Waals surface area contributed by atoms with Gasteiger partial charge in [-0.25, -0.2) is 4.98 Å². The van der Waals surface area contributed by atoms with Gasteiger partial charge in [0.2, 0.25) is 0 Å². The standard InChI is InChI=1S/C15H23N3/c1-6-9-18(8-3)15-14(11-16-7-2)12(4)10-13(5)17-15/h1,10,16H,7-9,11H2,2-5H3. The van der Waals surface area contributed by atoms with Crippen LogP contribution in [0.2, 0.25) is 0 Å². The molecule has 1 rings (SSSR count). The highest BCUT2D eigenvalue weighted by Gasteiger charge is 2.13. The van der Waals surface area contributed by atoms with Crippen molar-refractivity contribution in [2.75, 3.05) is 24.5 Å². The second-order valence-electron chi connectivity index (χ2n) is 4.38. The lowest BCUT2D eigenvalue weighted by molar-refractivity contribution is 0.714. The lowest BCUT2D eigenvalue weighted by atomic mass is 10.1. The average molecular weight is 245 g/mol. The summed E-state index contributed by atoms with van der Waals surface area (Å²) in [5, 5.41) is 3.37. The number of rotatable bonds is 6. The summed E-state index contributed by atoms with van der Waals surface area (Å²) < 4.78 is 0. The number of nitrogens with zero attached hydrogens (tertiary/aromatic N) is 2. The topological polar surface area (TPSA) is 28.2 Å². The molecule has 98 valence electrons. The fourth-order valence-corrected chi connectivity index (χ4v) is 2.02. The van der Waals surface area contributed by atoms with Gasteiger partial charge in [-0.05, 0) is 38.9 Å². The van der Waals surface area contributed by atoms with Crippen LogP contribution >= 0.6 is 0 Å². The summed E-state index contributed by atoms with van der Waals surface area (Å²) in [4.78, 5) is 6.81. The van der Waals surface area contributed by atoms with Crippen LogP contribution in [0, 0.1) is 26.2 Å². The lowest BCUT2D eigenvalue weighted by Crippen LogP contribution is -2.27. The van der Waals surface area contributed by atoms with Crippen LogP contribution in [0.15, 0.2) is 6.07 Å². The second kappa shape index (κ2) is 7.03. The van der Waals surface area contributed by atoms with Crippen LogP contribution in [0.5, 0.6) is 0 Å². The van der Waals surface area contributed by atoms with Crippen LogP contribution in [0.4, 0.5) is 5.82 Å². The normalized spacial score (nSPS) is 10.2. The Hall–Kier alpha value is -1.53.